The van der Waals surface area contributed by atoms with Crippen molar-refractivity contribution in [2.45, 2.75) is 13.2 Å². The summed E-state index contributed by atoms with van der Waals surface area (Å²) in [7, 11) is 1.64. The Hall–Kier alpha value is -1.52. The summed E-state index contributed by atoms with van der Waals surface area (Å²) in [6, 6.07) is 13.1. The molecule has 0 aromatic heterocycles. The van der Waals surface area contributed by atoms with Crippen molar-refractivity contribution in [3.05, 3.63) is 58.1 Å². The van der Waals surface area contributed by atoms with Gasteiger partial charge in [-0.25, -0.2) is 0 Å². The third-order valence-corrected chi connectivity index (χ3v) is 3.53. The lowest BCUT2D eigenvalue weighted by molar-refractivity contribution is 0.280. The predicted molar refractivity (Wildman–Crippen MR) is 77.4 cm³/mol. The summed E-state index contributed by atoms with van der Waals surface area (Å²) in [5, 5.41) is 8.97. The Balaban J connectivity index is 2.05. The zero-order valence-electron chi connectivity index (χ0n) is 10.6. The van der Waals surface area contributed by atoms with Crippen LogP contribution in [0.2, 0.25) is 0 Å². The smallest absolute Gasteiger partial charge is 0.119 e. The van der Waals surface area contributed by atoms with Gasteiger partial charge < -0.3 is 14.6 Å². The number of aliphatic hydroxyl groups is 1. The van der Waals surface area contributed by atoms with Gasteiger partial charge in [0, 0.05) is 10.0 Å². The van der Waals surface area contributed by atoms with Gasteiger partial charge in [0.15, 0.2) is 0 Å². The molecule has 4 heteroatoms. The average Bonchev–Trinajstić information content (AvgIpc) is 2.47. The van der Waals surface area contributed by atoms with Crippen LogP contribution >= 0.6 is 15.9 Å². The van der Waals surface area contributed by atoms with E-state index in [-0.39, 0.29) is 6.61 Å². The van der Waals surface area contributed by atoms with Crippen LogP contribution in [0.25, 0.3) is 0 Å². The quantitative estimate of drug-likeness (QED) is 0.915. The van der Waals surface area contributed by atoms with Crippen LogP contribution in [0.4, 0.5) is 0 Å². The molecule has 0 amide bonds. The third-order valence-electron chi connectivity index (χ3n) is 2.75. The maximum atomic E-state index is 8.97. The van der Waals surface area contributed by atoms with Gasteiger partial charge in [0.05, 0.1) is 13.7 Å². The molecule has 0 heterocycles. The normalized spacial score (nSPS) is 10.3. The van der Waals surface area contributed by atoms with E-state index in [1.165, 1.54) is 0 Å². The molecule has 2 aromatic carbocycles. The number of rotatable bonds is 5. The largest absolute Gasteiger partial charge is 0.497 e. The molecule has 0 aliphatic rings. The summed E-state index contributed by atoms with van der Waals surface area (Å²) < 4.78 is 11.9. The lowest BCUT2D eigenvalue weighted by Crippen LogP contribution is -1.97. The van der Waals surface area contributed by atoms with Gasteiger partial charge in [-0.3, -0.25) is 0 Å². The Labute approximate surface area is 120 Å². The predicted octanol–water partition coefficient (Wildman–Crippen LogP) is 3.53. The van der Waals surface area contributed by atoms with E-state index in [1.807, 2.05) is 42.5 Å². The van der Waals surface area contributed by atoms with Crippen LogP contribution in [0.5, 0.6) is 11.5 Å². The summed E-state index contributed by atoms with van der Waals surface area (Å²) in [6.07, 6.45) is 0. The Morgan fingerprint density at radius 2 is 1.74 bits per heavy atom. The number of benzene rings is 2. The third kappa shape index (κ3) is 3.72. The number of methoxy groups -OCH3 is 1. The van der Waals surface area contributed by atoms with Gasteiger partial charge >= 0.3 is 0 Å². The standard InChI is InChI=1S/C15H15BrO3/c1-18-14-6-7-15(16)12(8-14)10-19-13-4-2-11(9-17)3-5-13/h2-8,17H,9-10H2,1H3. The summed E-state index contributed by atoms with van der Waals surface area (Å²) in [5.74, 6) is 1.57. The van der Waals surface area contributed by atoms with Crippen molar-refractivity contribution in [1.82, 2.24) is 0 Å². The van der Waals surface area contributed by atoms with Gasteiger partial charge in [-0.1, -0.05) is 28.1 Å². The minimum Gasteiger partial charge on any atom is -0.497 e. The summed E-state index contributed by atoms with van der Waals surface area (Å²) in [5.41, 5.74) is 1.89. The van der Waals surface area contributed by atoms with E-state index >= 15 is 0 Å². The zero-order chi connectivity index (χ0) is 13.7. The molecule has 0 saturated heterocycles. The van der Waals surface area contributed by atoms with Crippen LogP contribution < -0.4 is 9.47 Å². The summed E-state index contributed by atoms with van der Waals surface area (Å²) in [6.45, 7) is 0.498. The molecule has 100 valence electrons. The second kappa shape index (κ2) is 6.59. The highest BCUT2D eigenvalue weighted by molar-refractivity contribution is 9.10. The molecule has 0 unspecified atom stereocenters. The van der Waals surface area contributed by atoms with Crippen molar-refractivity contribution in [1.29, 1.82) is 0 Å². The summed E-state index contributed by atoms with van der Waals surface area (Å²) >= 11 is 3.49. The first kappa shape index (κ1) is 13.9. The molecule has 0 aliphatic carbocycles. The fraction of sp³-hybridized carbons (Fsp3) is 0.200. The fourth-order valence-corrected chi connectivity index (χ4v) is 2.00. The van der Waals surface area contributed by atoms with Gasteiger partial charge in [-0.05, 0) is 35.9 Å². The molecule has 0 fully saturated rings. The van der Waals surface area contributed by atoms with Crippen molar-refractivity contribution in [2.24, 2.45) is 0 Å². The van der Waals surface area contributed by atoms with Gasteiger partial charge in [-0.2, -0.15) is 0 Å². The molecule has 0 aliphatic heterocycles. The van der Waals surface area contributed by atoms with E-state index in [2.05, 4.69) is 15.9 Å². The maximum Gasteiger partial charge on any atom is 0.119 e. The second-order valence-corrected chi connectivity index (χ2v) is 4.90. The van der Waals surface area contributed by atoms with Crippen LogP contribution in [0, 0.1) is 0 Å². The van der Waals surface area contributed by atoms with Gasteiger partial charge in [0.1, 0.15) is 18.1 Å². The van der Waals surface area contributed by atoms with E-state index in [0.29, 0.717) is 6.61 Å². The molecule has 19 heavy (non-hydrogen) atoms. The highest BCUT2D eigenvalue weighted by atomic mass is 79.9. The first-order valence-electron chi connectivity index (χ1n) is 5.88. The van der Waals surface area contributed by atoms with Crippen molar-refractivity contribution < 1.29 is 14.6 Å². The van der Waals surface area contributed by atoms with Crippen LogP contribution in [-0.2, 0) is 13.2 Å². The monoisotopic (exact) mass is 322 g/mol. The lowest BCUT2D eigenvalue weighted by atomic mass is 10.2. The van der Waals surface area contributed by atoms with Gasteiger partial charge in [0.25, 0.3) is 0 Å². The van der Waals surface area contributed by atoms with Crippen molar-refractivity contribution in [3.8, 4) is 11.5 Å². The van der Waals surface area contributed by atoms with E-state index in [0.717, 1.165) is 27.1 Å². The van der Waals surface area contributed by atoms with Crippen LogP contribution in [-0.4, -0.2) is 12.2 Å². The number of halogens is 1. The highest BCUT2D eigenvalue weighted by Gasteiger charge is 2.03. The van der Waals surface area contributed by atoms with Crippen LogP contribution in [0.1, 0.15) is 11.1 Å². The molecule has 0 spiro atoms. The highest BCUT2D eigenvalue weighted by Crippen LogP contribution is 2.24. The first-order valence-corrected chi connectivity index (χ1v) is 6.67. The Morgan fingerprint density at radius 1 is 1.05 bits per heavy atom. The van der Waals surface area contributed by atoms with Crippen molar-refractivity contribution >= 4 is 15.9 Å². The molecule has 1 N–H and O–H groups in total. The SMILES string of the molecule is COc1ccc(Br)c(COc2ccc(CO)cc2)c1. The Morgan fingerprint density at radius 3 is 2.37 bits per heavy atom. The molecule has 2 aromatic rings. The molecule has 0 saturated carbocycles. The van der Waals surface area contributed by atoms with Gasteiger partial charge in [-0.15, -0.1) is 0 Å². The van der Waals surface area contributed by atoms with E-state index in [4.69, 9.17) is 14.6 Å². The molecular weight excluding hydrogens is 308 g/mol. The van der Waals surface area contributed by atoms with Gasteiger partial charge in [0.2, 0.25) is 0 Å². The minimum atomic E-state index is 0.0434. The lowest BCUT2D eigenvalue weighted by Gasteiger charge is -2.10. The number of aliphatic hydroxyl groups excluding tert-OH is 1. The number of hydrogen-bond acceptors (Lipinski definition) is 3. The Kier molecular flexibility index (Phi) is 4.82. The maximum absolute atomic E-state index is 8.97. The molecule has 0 atom stereocenters. The van der Waals surface area contributed by atoms with E-state index in [9.17, 15) is 0 Å². The molecule has 0 bridgehead atoms. The average molecular weight is 323 g/mol. The van der Waals surface area contributed by atoms with E-state index < -0.39 is 0 Å². The molecular formula is C15H15BrO3. The Bertz CT molecular complexity index is 538. The second-order valence-electron chi connectivity index (χ2n) is 4.05. The number of ether oxygens (including phenoxy) is 2. The van der Waals surface area contributed by atoms with Crippen molar-refractivity contribution in [2.75, 3.05) is 7.11 Å². The first-order chi connectivity index (χ1) is 9.22. The molecule has 0 radical (unpaired) electrons. The molecule has 3 nitrogen and oxygen atoms in total. The zero-order valence-corrected chi connectivity index (χ0v) is 12.2. The molecule has 2 rings (SSSR count). The van der Waals surface area contributed by atoms with Crippen LogP contribution in [0.15, 0.2) is 46.9 Å². The topological polar surface area (TPSA) is 38.7 Å². The van der Waals surface area contributed by atoms with Crippen molar-refractivity contribution in [3.63, 3.8) is 0 Å². The summed E-state index contributed by atoms with van der Waals surface area (Å²) in [4.78, 5) is 0. The minimum absolute atomic E-state index is 0.0434. The van der Waals surface area contributed by atoms with Crippen LogP contribution in [0.3, 0.4) is 0 Å². The van der Waals surface area contributed by atoms with E-state index in [1.54, 1.807) is 7.11 Å². The number of hydrogen-bond donors (Lipinski definition) is 1. The fourth-order valence-electron chi connectivity index (χ4n) is 1.64.